The first-order valence-corrected chi connectivity index (χ1v) is 11.3. The van der Waals surface area contributed by atoms with Crippen molar-refractivity contribution in [1.29, 1.82) is 0 Å². The summed E-state index contributed by atoms with van der Waals surface area (Å²) in [5, 5.41) is 5.65. The first kappa shape index (κ1) is 27.8. The summed E-state index contributed by atoms with van der Waals surface area (Å²) in [6, 6.07) is 0. The zero-order chi connectivity index (χ0) is 22.5. The standard InChI is InChI=1S/C24H40N2O4/c1-3-21(27)15-9-5-6-12-18-24(30)26-20-14-8-11-17-22(28)16-10-7-13-19-25-23(29)4-2/h3-4H,1-2,5-20H2,(H,25,29)(H,26,30). The van der Waals surface area contributed by atoms with E-state index >= 15 is 0 Å². The third-order valence-electron chi connectivity index (χ3n) is 4.88. The van der Waals surface area contributed by atoms with Crippen LogP contribution < -0.4 is 10.6 Å². The van der Waals surface area contributed by atoms with Gasteiger partial charge in [-0.25, -0.2) is 0 Å². The summed E-state index contributed by atoms with van der Waals surface area (Å²) in [5.74, 6) is 0.304. The molecule has 30 heavy (non-hydrogen) atoms. The lowest BCUT2D eigenvalue weighted by Gasteiger charge is -2.06. The van der Waals surface area contributed by atoms with E-state index in [9.17, 15) is 19.2 Å². The number of rotatable bonds is 21. The Morgan fingerprint density at radius 1 is 0.567 bits per heavy atom. The van der Waals surface area contributed by atoms with Gasteiger partial charge in [-0.2, -0.15) is 0 Å². The van der Waals surface area contributed by atoms with Crippen molar-refractivity contribution in [2.24, 2.45) is 0 Å². The molecule has 0 spiro atoms. The van der Waals surface area contributed by atoms with Gasteiger partial charge in [0, 0.05) is 38.8 Å². The summed E-state index contributed by atoms with van der Waals surface area (Å²) >= 11 is 0. The predicted molar refractivity (Wildman–Crippen MR) is 121 cm³/mol. The van der Waals surface area contributed by atoms with Gasteiger partial charge >= 0.3 is 0 Å². The van der Waals surface area contributed by atoms with Crippen molar-refractivity contribution in [3.63, 3.8) is 0 Å². The molecule has 2 amide bonds. The SMILES string of the molecule is C=CC(=O)CCCCCCC(=O)NCCCCCC(=O)CCCCCNC(=O)C=C. The smallest absolute Gasteiger partial charge is 0.243 e. The van der Waals surface area contributed by atoms with E-state index in [4.69, 9.17) is 0 Å². The Labute approximate surface area is 181 Å². The van der Waals surface area contributed by atoms with Crippen molar-refractivity contribution in [3.05, 3.63) is 25.3 Å². The third-order valence-corrected chi connectivity index (χ3v) is 4.88. The Balaban J connectivity index is 3.38. The van der Waals surface area contributed by atoms with Crippen LogP contribution in [0.5, 0.6) is 0 Å². The van der Waals surface area contributed by atoms with Crippen LogP contribution in [0.15, 0.2) is 25.3 Å². The Morgan fingerprint density at radius 2 is 1.07 bits per heavy atom. The van der Waals surface area contributed by atoms with Crippen LogP contribution >= 0.6 is 0 Å². The minimum absolute atomic E-state index is 0.0810. The van der Waals surface area contributed by atoms with Crippen molar-refractivity contribution >= 4 is 23.4 Å². The summed E-state index contributed by atoms with van der Waals surface area (Å²) < 4.78 is 0. The Bertz CT molecular complexity index is 495. The van der Waals surface area contributed by atoms with E-state index in [1.54, 1.807) is 0 Å². The van der Waals surface area contributed by atoms with Crippen LogP contribution in [0.3, 0.4) is 0 Å². The van der Waals surface area contributed by atoms with Gasteiger partial charge in [-0.15, -0.1) is 0 Å². The zero-order valence-electron chi connectivity index (χ0n) is 18.5. The van der Waals surface area contributed by atoms with E-state index in [0.29, 0.717) is 44.6 Å². The lowest BCUT2D eigenvalue weighted by atomic mass is 10.1. The maximum Gasteiger partial charge on any atom is 0.243 e. The van der Waals surface area contributed by atoms with Gasteiger partial charge in [0.25, 0.3) is 0 Å². The van der Waals surface area contributed by atoms with E-state index < -0.39 is 0 Å². The van der Waals surface area contributed by atoms with E-state index in [-0.39, 0.29) is 17.6 Å². The van der Waals surface area contributed by atoms with Gasteiger partial charge < -0.3 is 10.6 Å². The van der Waals surface area contributed by atoms with Gasteiger partial charge in [0.05, 0.1) is 0 Å². The number of carbonyl (C=O) groups excluding carboxylic acids is 4. The molecule has 0 rings (SSSR count). The number of hydrogen-bond acceptors (Lipinski definition) is 4. The molecule has 0 aliphatic rings. The van der Waals surface area contributed by atoms with Gasteiger partial charge in [-0.3, -0.25) is 19.2 Å². The second kappa shape index (κ2) is 20.0. The highest BCUT2D eigenvalue weighted by Gasteiger charge is 2.04. The summed E-state index contributed by atoms with van der Waals surface area (Å²) in [7, 11) is 0. The monoisotopic (exact) mass is 420 g/mol. The zero-order valence-corrected chi connectivity index (χ0v) is 18.5. The number of nitrogens with one attached hydrogen (secondary N) is 2. The van der Waals surface area contributed by atoms with E-state index in [1.165, 1.54) is 12.2 Å². The summed E-state index contributed by atoms with van der Waals surface area (Å²) in [5.41, 5.74) is 0. The van der Waals surface area contributed by atoms with Crippen LogP contribution in [0.4, 0.5) is 0 Å². The molecule has 0 aliphatic heterocycles. The predicted octanol–water partition coefficient (Wildman–Crippen LogP) is 4.19. The van der Waals surface area contributed by atoms with Gasteiger partial charge in [0.1, 0.15) is 5.78 Å². The number of unbranched alkanes of at least 4 members (excludes halogenated alkanes) is 7. The van der Waals surface area contributed by atoms with Crippen LogP contribution in [0.2, 0.25) is 0 Å². The molecule has 0 aromatic heterocycles. The van der Waals surface area contributed by atoms with Gasteiger partial charge in [-0.05, 0) is 50.7 Å². The molecule has 170 valence electrons. The molecule has 0 heterocycles. The Kier molecular flexibility index (Phi) is 18.6. The fourth-order valence-electron chi connectivity index (χ4n) is 3.01. The van der Waals surface area contributed by atoms with Crippen LogP contribution in [0.25, 0.3) is 0 Å². The number of carbonyl (C=O) groups is 4. The summed E-state index contributed by atoms with van der Waals surface area (Å²) in [4.78, 5) is 45.7. The van der Waals surface area contributed by atoms with Crippen molar-refractivity contribution in [2.75, 3.05) is 13.1 Å². The fourth-order valence-corrected chi connectivity index (χ4v) is 3.01. The van der Waals surface area contributed by atoms with E-state index in [2.05, 4.69) is 23.8 Å². The minimum atomic E-state index is -0.157. The lowest BCUT2D eigenvalue weighted by Crippen LogP contribution is -2.24. The number of amides is 2. The molecule has 0 fully saturated rings. The maximum absolute atomic E-state index is 11.8. The largest absolute Gasteiger partial charge is 0.356 e. The summed E-state index contributed by atoms with van der Waals surface area (Å²) in [6.07, 6.45) is 13.9. The highest BCUT2D eigenvalue weighted by Crippen LogP contribution is 2.08. The van der Waals surface area contributed by atoms with Crippen molar-refractivity contribution in [2.45, 2.75) is 89.9 Å². The highest BCUT2D eigenvalue weighted by atomic mass is 16.2. The van der Waals surface area contributed by atoms with Crippen LogP contribution in [-0.2, 0) is 19.2 Å². The molecule has 0 unspecified atom stereocenters. The molecule has 0 radical (unpaired) electrons. The molecule has 0 aliphatic carbocycles. The number of hydrogen-bond donors (Lipinski definition) is 2. The average molecular weight is 421 g/mol. The molecule has 0 aromatic carbocycles. The van der Waals surface area contributed by atoms with Crippen LogP contribution in [0.1, 0.15) is 89.9 Å². The molecule has 6 heteroatoms. The quantitative estimate of drug-likeness (QED) is 0.215. The van der Waals surface area contributed by atoms with Crippen molar-refractivity contribution < 1.29 is 19.2 Å². The molecular weight excluding hydrogens is 380 g/mol. The van der Waals surface area contributed by atoms with Crippen molar-refractivity contribution in [1.82, 2.24) is 10.6 Å². The van der Waals surface area contributed by atoms with E-state index in [0.717, 1.165) is 64.2 Å². The van der Waals surface area contributed by atoms with Gasteiger partial charge in [0.15, 0.2) is 5.78 Å². The lowest BCUT2D eigenvalue weighted by molar-refractivity contribution is -0.121. The fraction of sp³-hybridized carbons (Fsp3) is 0.667. The normalized spacial score (nSPS) is 10.3. The topological polar surface area (TPSA) is 92.3 Å². The third kappa shape index (κ3) is 19.1. The Hall–Kier alpha value is -2.24. The van der Waals surface area contributed by atoms with Crippen LogP contribution in [0, 0.1) is 0 Å². The van der Waals surface area contributed by atoms with Crippen molar-refractivity contribution in [3.8, 4) is 0 Å². The maximum atomic E-state index is 11.8. The Morgan fingerprint density at radius 3 is 1.63 bits per heavy atom. The second-order valence-corrected chi connectivity index (χ2v) is 7.59. The van der Waals surface area contributed by atoms with Crippen LogP contribution in [-0.4, -0.2) is 36.5 Å². The molecule has 0 saturated carbocycles. The molecular formula is C24H40N2O4. The molecule has 0 saturated heterocycles. The number of ketones is 2. The van der Waals surface area contributed by atoms with Gasteiger partial charge in [-0.1, -0.05) is 38.8 Å². The van der Waals surface area contributed by atoms with E-state index in [1.807, 2.05) is 0 Å². The first-order chi connectivity index (χ1) is 14.5. The van der Waals surface area contributed by atoms with Gasteiger partial charge in [0.2, 0.25) is 11.8 Å². The molecule has 0 aromatic rings. The minimum Gasteiger partial charge on any atom is -0.356 e. The second-order valence-electron chi connectivity index (χ2n) is 7.59. The average Bonchev–Trinajstić information content (AvgIpc) is 2.74. The number of allylic oxidation sites excluding steroid dienone is 1. The summed E-state index contributed by atoms with van der Waals surface area (Å²) in [6.45, 7) is 8.13. The number of Topliss-reactive ketones (excluding diaryl/α,β-unsaturated/α-hetero) is 1. The molecule has 0 atom stereocenters. The molecule has 0 bridgehead atoms. The first-order valence-electron chi connectivity index (χ1n) is 11.3. The highest BCUT2D eigenvalue weighted by molar-refractivity contribution is 5.88. The molecule has 6 nitrogen and oxygen atoms in total. The molecule has 2 N–H and O–H groups in total.